The molecule has 0 unspecified atom stereocenters. The summed E-state index contributed by atoms with van der Waals surface area (Å²) in [5.74, 6) is -0.132. The molecule has 0 fully saturated rings. The van der Waals surface area contributed by atoms with Crippen LogP contribution in [0, 0.1) is 10.1 Å². The zero-order chi connectivity index (χ0) is 14.6. The molecule has 0 heterocycles. The maximum atomic E-state index is 10.0. The van der Waals surface area contributed by atoms with Gasteiger partial charge in [0.1, 0.15) is 0 Å². The second-order valence-corrected chi connectivity index (χ2v) is 4.45. The molecule has 0 saturated heterocycles. The molecular weight excluding hydrogens is 270 g/mol. The Labute approximate surface area is 115 Å². The van der Waals surface area contributed by atoms with Crippen LogP contribution in [0.4, 0.5) is 5.69 Å². The van der Waals surface area contributed by atoms with Gasteiger partial charge in [0, 0.05) is 12.1 Å². The van der Waals surface area contributed by atoms with Gasteiger partial charge < -0.3 is 0 Å². The number of hydrogen-bond donors (Lipinski definition) is 1. The molecule has 6 nitrogen and oxygen atoms in total. The van der Waals surface area contributed by atoms with E-state index < -0.39 is 15.0 Å². The lowest BCUT2D eigenvalue weighted by Gasteiger charge is -1.85. The van der Waals surface area contributed by atoms with Gasteiger partial charge in [-0.25, -0.2) is 0 Å². The average molecular weight is 293 g/mol. The van der Waals surface area contributed by atoms with E-state index in [1.54, 1.807) is 25.1 Å². The van der Waals surface area contributed by atoms with E-state index in [9.17, 15) is 18.5 Å². The molecule has 0 aliphatic heterocycles. The second kappa shape index (κ2) is 13.0. The highest BCUT2D eigenvalue weighted by molar-refractivity contribution is 7.85. The van der Waals surface area contributed by atoms with E-state index in [2.05, 4.69) is 0 Å². The van der Waals surface area contributed by atoms with E-state index in [4.69, 9.17) is 4.55 Å². The molecule has 0 aliphatic rings. The SMILES string of the molecule is C.CC.CCCS(=O)(=O)O.O=[N+]([O-])c1ccccc1. The summed E-state index contributed by atoms with van der Waals surface area (Å²) in [6, 6.07) is 7.93. The third-order valence-corrected chi connectivity index (χ3v) is 2.35. The Morgan fingerprint density at radius 3 is 1.79 bits per heavy atom. The van der Waals surface area contributed by atoms with E-state index in [0.29, 0.717) is 6.42 Å². The van der Waals surface area contributed by atoms with Gasteiger partial charge in [-0.05, 0) is 6.42 Å². The van der Waals surface area contributed by atoms with Crippen LogP contribution >= 0.6 is 0 Å². The van der Waals surface area contributed by atoms with Gasteiger partial charge in [-0.3, -0.25) is 14.7 Å². The highest BCUT2D eigenvalue weighted by Gasteiger charge is 1.98. The molecule has 1 N–H and O–H groups in total. The summed E-state index contributed by atoms with van der Waals surface area (Å²) in [5, 5.41) is 10.0. The molecule has 112 valence electrons. The lowest BCUT2D eigenvalue weighted by molar-refractivity contribution is -0.384. The minimum Gasteiger partial charge on any atom is -0.286 e. The normalized spacial score (nSPS) is 8.84. The molecule has 1 aromatic rings. The fourth-order valence-corrected chi connectivity index (χ4v) is 1.32. The predicted molar refractivity (Wildman–Crippen MR) is 77.9 cm³/mol. The Bertz CT molecular complexity index is 417. The van der Waals surface area contributed by atoms with Crippen LogP contribution in [0.25, 0.3) is 0 Å². The molecule has 7 heteroatoms. The summed E-state index contributed by atoms with van der Waals surface area (Å²) in [7, 11) is -3.67. The highest BCUT2D eigenvalue weighted by atomic mass is 32.2. The van der Waals surface area contributed by atoms with Gasteiger partial charge in [0.25, 0.3) is 15.8 Å². The largest absolute Gasteiger partial charge is 0.286 e. The summed E-state index contributed by atoms with van der Waals surface area (Å²) in [4.78, 5) is 9.59. The molecule has 1 aromatic carbocycles. The number of nitro benzene ring substituents is 1. The second-order valence-electron chi connectivity index (χ2n) is 2.88. The van der Waals surface area contributed by atoms with Crippen molar-refractivity contribution in [2.45, 2.75) is 34.6 Å². The monoisotopic (exact) mass is 293 g/mol. The topological polar surface area (TPSA) is 97.5 Å². The number of hydrogen-bond acceptors (Lipinski definition) is 4. The van der Waals surface area contributed by atoms with Gasteiger partial charge in [0.15, 0.2) is 0 Å². The lowest BCUT2D eigenvalue weighted by atomic mass is 10.3. The van der Waals surface area contributed by atoms with Crippen molar-refractivity contribution >= 4 is 15.8 Å². The molecular formula is C12H23NO5S. The third kappa shape index (κ3) is 16.5. The molecule has 0 aromatic heterocycles. The molecule has 0 atom stereocenters. The molecule has 0 saturated carbocycles. The van der Waals surface area contributed by atoms with E-state index in [-0.39, 0.29) is 18.9 Å². The first kappa shape index (κ1) is 22.7. The molecule has 0 bridgehead atoms. The Hall–Kier alpha value is -1.47. The van der Waals surface area contributed by atoms with Crippen LogP contribution < -0.4 is 0 Å². The molecule has 0 amide bonds. The Kier molecular flexibility index (Phi) is 15.5. The predicted octanol–water partition coefficient (Wildman–Crippen LogP) is 3.54. The first-order valence-corrected chi connectivity index (χ1v) is 7.12. The quantitative estimate of drug-likeness (QED) is 0.522. The fourth-order valence-electron chi connectivity index (χ4n) is 0.808. The van der Waals surface area contributed by atoms with Crippen molar-refractivity contribution in [2.75, 3.05) is 5.75 Å². The standard InChI is InChI=1S/C6H5NO2.C3H8O3S.C2H6.CH4/c8-7(9)6-4-2-1-3-5-6;1-2-3-7(4,5)6;1-2;/h1-5H;2-3H2,1H3,(H,4,5,6);1-2H3;1H4. The lowest BCUT2D eigenvalue weighted by Crippen LogP contribution is -2.01. The Morgan fingerprint density at radius 2 is 1.63 bits per heavy atom. The van der Waals surface area contributed by atoms with E-state index in [1.807, 2.05) is 13.8 Å². The molecule has 0 radical (unpaired) electrons. The number of nitro groups is 1. The van der Waals surface area contributed by atoms with Crippen molar-refractivity contribution in [1.82, 2.24) is 0 Å². The summed E-state index contributed by atoms with van der Waals surface area (Å²) < 4.78 is 27.6. The zero-order valence-electron chi connectivity index (χ0n) is 10.7. The van der Waals surface area contributed by atoms with Gasteiger partial charge in [-0.1, -0.05) is 46.4 Å². The van der Waals surface area contributed by atoms with Gasteiger partial charge in [-0.15, -0.1) is 0 Å². The molecule has 0 aliphatic carbocycles. The van der Waals surface area contributed by atoms with Crippen molar-refractivity contribution < 1.29 is 17.9 Å². The van der Waals surface area contributed by atoms with Crippen LogP contribution in [0.15, 0.2) is 30.3 Å². The number of rotatable bonds is 3. The van der Waals surface area contributed by atoms with E-state index in [1.165, 1.54) is 12.1 Å². The van der Waals surface area contributed by atoms with Crippen LogP contribution in [0.2, 0.25) is 0 Å². The maximum absolute atomic E-state index is 10.0. The molecule has 0 spiro atoms. The van der Waals surface area contributed by atoms with E-state index in [0.717, 1.165) is 0 Å². The first-order chi connectivity index (χ1) is 8.37. The summed E-state index contributed by atoms with van der Waals surface area (Å²) in [6.45, 7) is 5.69. The number of benzene rings is 1. The van der Waals surface area contributed by atoms with Crippen molar-refractivity contribution in [2.24, 2.45) is 0 Å². The van der Waals surface area contributed by atoms with Gasteiger partial charge in [0.05, 0.1) is 10.7 Å². The fraction of sp³-hybridized carbons (Fsp3) is 0.500. The minimum atomic E-state index is -3.67. The van der Waals surface area contributed by atoms with Crippen LogP contribution in [0.5, 0.6) is 0 Å². The van der Waals surface area contributed by atoms with Crippen molar-refractivity contribution in [1.29, 1.82) is 0 Å². The molecule has 19 heavy (non-hydrogen) atoms. The average Bonchev–Trinajstić information content (AvgIpc) is 2.32. The number of nitrogens with zero attached hydrogens (tertiary/aromatic N) is 1. The maximum Gasteiger partial charge on any atom is 0.269 e. The van der Waals surface area contributed by atoms with Crippen LogP contribution in [-0.2, 0) is 10.1 Å². The number of para-hydroxylation sites is 1. The van der Waals surface area contributed by atoms with Crippen molar-refractivity contribution in [3.05, 3.63) is 40.4 Å². The highest BCUT2D eigenvalue weighted by Crippen LogP contribution is 2.06. The van der Waals surface area contributed by atoms with Gasteiger partial charge in [0.2, 0.25) is 0 Å². The van der Waals surface area contributed by atoms with Gasteiger partial charge in [-0.2, -0.15) is 8.42 Å². The van der Waals surface area contributed by atoms with Crippen LogP contribution in [0.1, 0.15) is 34.6 Å². The summed E-state index contributed by atoms with van der Waals surface area (Å²) in [5.41, 5.74) is 0.137. The van der Waals surface area contributed by atoms with E-state index >= 15 is 0 Å². The van der Waals surface area contributed by atoms with Crippen molar-refractivity contribution in [3.63, 3.8) is 0 Å². The van der Waals surface area contributed by atoms with Crippen molar-refractivity contribution in [3.8, 4) is 0 Å². The van der Waals surface area contributed by atoms with Crippen LogP contribution in [-0.4, -0.2) is 23.6 Å². The number of non-ortho nitro benzene ring substituents is 1. The minimum absolute atomic E-state index is 0. The zero-order valence-corrected chi connectivity index (χ0v) is 11.6. The van der Waals surface area contributed by atoms with Gasteiger partial charge >= 0.3 is 0 Å². The molecule has 1 rings (SSSR count). The Balaban J connectivity index is -0.000000233. The third-order valence-electron chi connectivity index (χ3n) is 1.43. The van der Waals surface area contributed by atoms with Crippen LogP contribution in [0.3, 0.4) is 0 Å². The Morgan fingerprint density at radius 1 is 1.21 bits per heavy atom. The first-order valence-electron chi connectivity index (χ1n) is 5.51. The smallest absolute Gasteiger partial charge is 0.269 e. The summed E-state index contributed by atoms with van der Waals surface area (Å²) >= 11 is 0. The summed E-state index contributed by atoms with van der Waals surface area (Å²) in [6.07, 6.45) is 0.471.